The number of nitrogens with zero attached hydrogens (tertiary/aromatic N) is 2. The molecule has 1 rings (SSSR count). The highest BCUT2D eigenvalue weighted by Gasteiger charge is 2.17. The minimum atomic E-state index is -0.507. The molecule has 5 heteroatoms. The van der Waals surface area contributed by atoms with Crippen LogP contribution in [0, 0.1) is 6.92 Å². The fourth-order valence-corrected chi connectivity index (χ4v) is 1.19. The molecule has 0 unspecified atom stereocenters. The van der Waals surface area contributed by atoms with Crippen molar-refractivity contribution < 1.29 is 14.3 Å². The van der Waals surface area contributed by atoms with Crippen LogP contribution in [-0.2, 0) is 16.6 Å². The minimum Gasteiger partial charge on any atom is -0.466 e. The molecule has 1 aromatic rings. The van der Waals surface area contributed by atoms with E-state index < -0.39 is 5.97 Å². The third-order valence-corrected chi connectivity index (χ3v) is 2.11. The van der Waals surface area contributed by atoms with Crippen LogP contribution < -0.4 is 0 Å². The summed E-state index contributed by atoms with van der Waals surface area (Å²) in [6, 6.07) is 0. The van der Waals surface area contributed by atoms with E-state index in [0.717, 1.165) is 5.69 Å². The van der Waals surface area contributed by atoms with Gasteiger partial charge in [0.05, 0.1) is 12.9 Å². The number of carbonyl (C=O) groups is 2. The van der Waals surface area contributed by atoms with Crippen molar-refractivity contribution in [1.29, 1.82) is 0 Å². The van der Waals surface area contributed by atoms with E-state index in [0.29, 0.717) is 5.69 Å². The largest absolute Gasteiger partial charge is 0.466 e. The Labute approximate surface area is 88.1 Å². The van der Waals surface area contributed by atoms with Crippen LogP contribution in [0.2, 0.25) is 0 Å². The number of imidazole rings is 1. The number of carbonyl (C=O) groups excluding carboxylic acids is 2. The van der Waals surface area contributed by atoms with Crippen molar-refractivity contribution in [2.75, 3.05) is 6.61 Å². The second-order valence-corrected chi connectivity index (χ2v) is 3.19. The molecular formula is C10H14N2O3. The summed E-state index contributed by atoms with van der Waals surface area (Å²) >= 11 is 0. The Morgan fingerprint density at radius 3 is 2.67 bits per heavy atom. The van der Waals surface area contributed by atoms with Gasteiger partial charge < -0.3 is 9.30 Å². The maximum atomic E-state index is 11.6. The fourth-order valence-electron chi connectivity index (χ4n) is 1.19. The van der Waals surface area contributed by atoms with E-state index in [1.54, 1.807) is 31.8 Å². The first kappa shape index (κ1) is 11.4. The molecule has 0 bridgehead atoms. The molecule has 0 fully saturated rings. The van der Waals surface area contributed by atoms with Crippen LogP contribution in [0.3, 0.4) is 0 Å². The van der Waals surface area contributed by atoms with Crippen molar-refractivity contribution in [2.45, 2.75) is 20.3 Å². The van der Waals surface area contributed by atoms with Crippen molar-refractivity contribution in [3.05, 3.63) is 17.7 Å². The average Bonchev–Trinajstić information content (AvgIpc) is 2.48. The molecule has 0 radical (unpaired) electrons. The van der Waals surface area contributed by atoms with Gasteiger partial charge in [-0.2, -0.15) is 0 Å². The minimum absolute atomic E-state index is 0.244. The number of hydrogen-bond donors (Lipinski definition) is 0. The summed E-state index contributed by atoms with van der Waals surface area (Å²) in [6.07, 6.45) is 1.30. The van der Waals surface area contributed by atoms with Gasteiger partial charge in [-0.05, 0) is 13.8 Å². The number of ketones is 1. The molecule has 5 nitrogen and oxygen atoms in total. The molecule has 0 amide bonds. The van der Waals surface area contributed by atoms with Crippen LogP contribution >= 0.6 is 0 Å². The third-order valence-electron chi connectivity index (χ3n) is 2.11. The molecule has 1 aromatic heterocycles. The van der Waals surface area contributed by atoms with E-state index >= 15 is 0 Å². The molecular weight excluding hydrogens is 196 g/mol. The Balaban J connectivity index is 2.69. The summed E-state index contributed by atoms with van der Waals surface area (Å²) in [7, 11) is 1.80. The Kier molecular flexibility index (Phi) is 3.60. The van der Waals surface area contributed by atoms with Crippen molar-refractivity contribution in [2.24, 2.45) is 7.05 Å². The van der Waals surface area contributed by atoms with Gasteiger partial charge in [-0.25, -0.2) is 4.98 Å². The molecule has 0 N–H and O–H groups in total. The van der Waals surface area contributed by atoms with Gasteiger partial charge in [0.25, 0.3) is 0 Å². The number of hydrogen-bond acceptors (Lipinski definition) is 4. The van der Waals surface area contributed by atoms with Gasteiger partial charge in [-0.3, -0.25) is 9.59 Å². The molecule has 0 aliphatic rings. The number of ether oxygens (including phenoxy) is 1. The zero-order valence-corrected chi connectivity index (χ0v) is 9.11. The zero-order valence-electron chi connectivity index (χ0n) is 9.11. The highest BCUT2D eigenvalue weighted by atomic mass is 16.5. The maximum absolute atomic E-state index is 11.6. The van der Waals surface area contributed by atoms with Gasteiger partial charge in [0, 0.05) is 12.7 Å². The predicted octanol–water partition coefficient (Wildman–Crippen LogP) is 0.864. The van der Waals surface area contributed by atoms with Crippen LogP contribution in [0.25, 0.3) is 0 Å². The first-order valence-corrected chi connectivity index (χ1v) is 4.73. The second kappa shape index (κ2) is 4.72. The van der Waals surface area contributed by atoms with Gasteiger partial charge >= 0.3 is 5.97 Å². The lowest BCUT2D eigenvalue weighted by molar-refractivity contribution is -0.141. The summed E-state index contributed by atoms with van der Waals surface area (Å²) in [4.78, 5) is 26.6. The standard InChI is InChI=1S/C10H14N2O3/c1-4-15-9(14)5-8(13)10-7(2)12(3)6-11-10/h6H,4-5H2,1-3H3. The normalized spacial score (nSPS) is 10.1. The first-order valence-electron chi connectivity index (χ1n) is 4.73. The highest BCUT2D eigenvalue weighted by Crippen LogP contribution is 2.07. The van der Waals surface area contributed by atoms with Crippen molar-refractivity contribution in [3.8, 4) is 0 Å². The van der Waals surface area contributed by atoms with Crippen LogP contribution in [0.5, 0.6) is 0 Å². The van der Waals surface area contributed by atoms with E-state index in [4.69, 9.17) is 0 Å². The molecule has 0 aliphatic heterocycles. The third kappa shape index (κ3) is 2.65. The van der Waals surface area contributed by atoms with Crippen LogP contribution in [-0.4, -0.2) is 27.9 Å². The van der Waals surface area contributed by atoms with Gasteiger partial charge in [-0.1, -0.05) is 0 Å². The van der Waals surface area contributed by atoms with Crippen LogP contribution in [0.4, 0.5) is 0 Å². The Morgan fingerprint density at radius 1 is 1.53 bits per heavy atom. The Bertz CT molecular complexity index is 382. The summed E-state index contributed by atoms with van der Waals surface area (Å²) in [6.45, 7) is 3.77. The van der Waals surface area contributed by atoms with E-state index in [1.165, 1.54) is 0 Å². The lowest BCUT2D eigenvalue weighted by Crippen LogP contribution is -2.12. The maximum Gasteiger partial charge on any atom is 0.313 e. The molecule has 82 valence electrons. The van der Waals surface area contributed by atoms with Gasteiger partial charge in [0.1, 0.15) is 12.1 Å². The fraction of sp³-hybridized carbons (Fsp3) is 0.500. The molecule has 0 atom stereocenters. The smallest absolute Gasteiger partial charge is 0.313 e. The quantitative estimate of drug-likeness (QED) is 0.420. The van der Waals surface area contributed by atoms with Crippen LogP contribution in [0.1, 0.15) is 29.5 Å². The predicted molar refractivity (Wildman–Crippen MR) is 53.5 cm³/mol. The molecule has 0 aromatic carbocycles. The number of esters is 1. The summed E-state index contributed by atoms with van der Waals surface area (Å²) in [5.74, 6) is -0.806. The van der Waals surface area contributed by atoms with Crippen LogP contribution in [0.15, 0.2) is 6.33 Å². The number of aryl methyl sites for hydroxylation is 1. The van der Waals surface area contributed by atoms with Crippen molar-refractivity contribution in [3.63, 3.8) is 0 Å². The van der Waals surface area contributed by atoms with E-state index in [2.05, 4.69) is 9.72 Å². The second-order valence-electron chi connectivity index (χ2n) is 3.19. The average molecular weight is 210 g/mol. The lowest BCUT2D eigenvalue weighted by atomic mass is 10.2. The molecule has 0 saturated heterocycles. The lowest BCUT2D eigenvalue weighted by Gasteiger charge is -2.00. The molecule has 0 saturated carbocycles. The molecule has 0 spiro atoms. The zero-order chi connectivity index (χ0) is 11.4. The topological polar surface area (TPSA) is 61.2 Å². The summed E-state index contributed by atoms with van der Waals surface area (Å²) in [5.41, 5.74) is 1.09. The van der Waals surface area contributed by atoms with E-state index in [-0.39, 0.29) is 18.8 Å². The van der Waals surface area contributed by atoms with Gasteiger partial charge in [0.15, 0.2) is 5.78 Å². The Hall–Kier alpha value is -1.65. The molecule has 0 aliphatic carbocycles. The number of Topliss-reactive ketones (excluding diaryl/α,β-unsaturated/α-hetero) is 1. The summed E-state index contributed by atoms with van der Waals surface area (Å²) in [5, 5.41) is 0. The molecule has 15 heavy (non-hydrogen) atoms. The monoisotopic (exact) mass is 210 g/mol. The van der Waals surface area contributed by atoms with Gasteiger partial charge in [-0.15, -0.1) is 0 Å². The Morgan fingerprint density at radius 2 is 2.20 bits per heavy atom. The number of aromatic nitrogens is 2. The highest BCUT2D eigenvalue weighted by molar-refractivity contribution is 6.05. The SMILES string of the molecule is CCOC(=O)CC(=O)c1ncn(C)c1C. The molecule has 1 heterocycles. The van der Waals surface area contributed by atoms with Crippen molar-refractivity contribution in [1.82, 2.24) is 9.55 Å². The van der Waals surface area contributed by atoms with E-state index in [1.807, 2.05) is 0 Å². The van der Waals surface area contributed by atoms with Crippen molar-refractivity contribution >= 4 is 11.8 Å². The van der Waals surface area contributed by atoms with E-state index in [9.17, 15) is 9.59 Å². The number of rotatable bonds is 4. The summed E-state index contributed by atoms with van der Waals surface area (Å²) < 4.78 is 6.42. The van der Waals surface area contributed by atoms with Gasteiger partial charge in [0.2, 0.25) is 0 Å². The first-order chi connectivity index (χ1) is 7.06.